The van der Waals surface area contributed by atoms with E-state index in [9.17, 15) is 10.1 Å². The highest BCUT2D eigenvalue weighted by Crippen LogP contribution is 2.27. The summed E-state index contributed by atoms with van der Waals surface area (Å²) in [6, 6.07) is 6.21. The van der Waals surface area contributed by atoms with Crippen molar-refractivity contribution < 1.29 is 4.92 Å². The van der Waals surface area contributed by atoms with Crippen LogP contribution in [-0.4, -0.2) is 14.8 Å². The summed E-state index contributed by atoms with van der Waals surface area (Å²) in [5, 5.41) is 11.0. The zero-order valence-electron chi connectivity index (χ0n) is 10.4. The van der Waals surface area contributed by atoms with Crippen LogP contribution in [0.15, 0.2) is 33.6 Å². The molecule has 0 spiro atoms. The largest absolute Gasteiger partial charge is 0.378 e. The quantitative estimate of drug-likeness (QED) is 0.302. The molecule has 0 aliphatic carbocycles. The van der Waals surface area contributed by atoms with Crippen LogP contribution in [0.3, 0.4) is 0 Å². The summed E-state index contributed by atoms with van der Waals surface area (Å²) in [5.74, 6) is 0. The summed E-state index contributed by atoms with van der Waals surface area (Å²) in [6.07, 6.45) is 0. The molecule has 1 aromatic carbocycles. The molecule has 0 unspecified atom stereocenters. The highest BCUT2D eigenvalue weighted by atomic mass is 32.2. The van der Waals surface area contributed by atoms with Crippen LogP contribution in [0.4, 0.5) is 5.69 Å². The van der Waals surface area contributed by atoms with Gasteiger partial charge in [-0.05, 0) is 12.1 Å². The van der Waals surface area contributed by atoms with Crippen molar-refractivity contribution in [3.8, 4) is 0 Å². The van der Waals surface area contributed by atoms with Crippen LogP contribution in [0, 0.1) is 10.1 Å². The van der Waals surface area contributed by atoms with Gasteiger partial charge in [0.1, 0.15) is 0 Å². The van der Waals surface area contributed by atoms with E-state index in [-0.39, 0.29) is 10.4 Å². The first-order chi connectivity index (χ1) is 8.28. The third-order valence-electron chi connectivity index (χ3n) is 1.70. The van der Waals surface area contributed by atoms with E-state index in [0.29, 0.717) is 5.17 Å². The minimum absolute atomic E-state index is 0.0175. The first-order valence-corrected chi connectivity index (χ1v) is 6.81. The molecule has 0 bridgehead atoms. The van der Waals surface area contributed by atoms with E-state index < -0.39 is 4.92 Å². The standard InChI is InChI=1S/C11H15N3O2S2/c1-11(2,3)17-10(12)13-18-9-6-4-8(5-7-9)14(15)16/h4-7H,1-3H3,(H2,12,13). The normalized spacial score (nSPS) is 12.5. The van der Waals surface area contributed by atoms with Gasteiger partial charge in [0.05, 0.1) is 4.92 Å². The van der Waals surface area contributed by atoms with Crippen LogP contribution in [0.2, 0.25) is 0 Å². The molecule has 0 aliphatic heterocycles. The van der Waals surface area contributed by atoms with Crippen LogP contribution >= 0.6 is 23.7 Å². The first kappa shape index (κ1) is 14.8. The van der Waals surface area contributed by atoms with Crippen LogP contribution in [0.5, 0.6) is 0 Å². The number of non-ortho nitro benzene ring substituents is 1. The number of nitrogens with zero attached hydrogens (tertiary/aromatic N) is 2. The molecule has 0 aliphatic rings. The maximum atomic E-state index is 10.5. The molecule has 0 radical (unpaired) electrons. The molecule has 7 heteroatoms. The molecule has 0 amide bonds. The van der Waals surface area contributed by atoms with Gasteiger partial charge in [-0.25, -0.2) is 0 Å². The Kier molecular flexibility index (Phi) is 5.03. The van der Waals surface area contributed by atoms with E-state index in [1.807, 2.05) is 0 Å². The van der Waals surface area contributed by atoms with Crippen LogP contribution in [0.1, 0.15) is 20.8 Å². The molecular formula is C11H15N3O2S2. The SMILES string of the molecule is CC(C)(C)S/C(N)=N/Sc1ccc([N+](=O)[O-])cc1. The maximum absolute atomic E-state index is 10.5. The number of nitro groups is 1. The molecule has 1 aromatic rings. The Balaban J connectivity index is 2.63. The Morgan fingerprint density at radius 3 is 2.33 bits per heavy atom. The van der Waals surface area contributed by atoms with Crippen LogP contribution in [-0.2, 0) is 0 Å². The Hall–Kier alpha value is -1.21. The van der Waals surface area contributed by atoms with Crippen molar-refractivity contribution in [3.05, 3.63) is 34.4 Å². The second kappa shape index (κ2) is 6.10. The third-order valence-corrected chi connectivity index (χ3v) is 3.50. The van der Waals surface area contributed by atoms with Crippen molar-refractivity contribution in [2.24, 2.45) is 10.1 Å². The second-order valence-electron chi connectivity index (χ2n) is 4.49. The predicted octanol–water partition coefficient (Wildman–Crippen LogP) is 3.45. The minimum Gasteiger partial charge on any atom is -0.378 e. The highest BCUT2D eigenvalue weighted by molar-refractivity contribution is 8.15. The molecule has 2 N–H and O–H groups in total. The number of nitro benzene ring substituents is 1. The molecule has 98 valence electrons. The second-order valence-corrected chi connectivity index (χ2v) is 7.17. The van der Waals surface area contributed by atoms with Gasteiger partial charge in [-0.2, -0.15) is 4.40 Å². The van der Waals surface area contributed by atoms with Gasteiger partial charge in [-0.1, -0.05) is 32.5 Å². The number of hydrogen-bond donors (Lipinski definition) is 1. The number of thioether (sulfide) groups is 1. The first-order valence-electron chi connectivity index (χ1n) is 5.22. The minimum atomic E-state index is -0.429. The van der Waals surface area contributed by atoms with Gasteiger partial charge < -0.3 is 5.73 Å². The number of rotatable bonds is 3. The predicted molar refractivity (Wildman–Crippen MR) is 77.9 cm³/mol. The van der Waals surface area contributed by atoms with Crippen molar-refractivity contribution in [1.82, 2.24) is 0 Å². The van der Waals surface area contributed by atoms with Crippen molar-refractivity contribution in [3.63, 3.8) is 0 Å². The zero-order chi connectivity index (χ0) is 13.8. The van der Waals surface area contributed by atoms with E-state index in [1.54, 1.807) is 12.1 Å². The fraction of sp³-hybridized carbons (Fsp3) is 0.364. The summed E-state index contributed by atoms with van der Waals surface area (Å²) in [5.41, 5.74) is 5.84. The van der Waals surface area contributed by atoms with Crippen LogP contribution in [0.25, 0.3) is 0 Å². The average molecular weight is 285 g/mol. The van der Waals surface area contributed by atoms with Crippen molar-refractivity contribution in [2.75, 3.05) is 0 Å². The van der Waals surface area contributed by atoms with Gasteiger partial charge in [-0.3, -0.25) is 10.1 Å². The Labute approximate surface area is 115 Å². The lowest BCUT2D eigenvalue weighted by molar-refractivity contribution is -0.384. The van der Waals surface area contributed by atoms with Gasteiger partial charge in [0.15, 0.2) is 5.17 Å². The van der Waals surface area contributed by atoms with E-state index in [4.69, 9.17) is 5.73 Å². The van der Waals surface area contributed by atoms with Gasteiger partial charge in [0, 0.05) is 33.7 Å². The number of benzene rings is 1. The number of hydrogen-bond acceptors (Lipinski definition) is 5. The topological polar surface area (TPSA) is 81.5 Å². The summed E-state index contributed by atoms with van der Waals surface area (Å²) in [7, 11) is 0. The van der Waals surface area contributed by atoms with Gasteiger partial charge in [0.25, 0.3) is 5.69 Å². The molecule has 0 saturated heterocycles. The lowest BCUT2D eigenvalue weighted by Gasteiger charge is -2.15. The van der Waals surface area contributed by atoms with E-state index in [2.05, 4.69) is 25.2 Å². The van der Waals surface area contributed by atoms with E-state index in [0.717, 1.165) is 4.90 Å². The van der Waals surface area contributed by atoms with E-state index in [1.165, 1.54) is 35.8 Å². The highest BCUT2D eigenvalue weighted by Gasteiger charge is 2.13. The van der Waals surface area contributed by atoms with Gasteiger partial charge in [0.2, 0.25) is 0 Å². The van der Waals surface area contributed by atoms with Crippen molar-refractivity contribution in [1.29, 1.82) is 0 Å². The third kappa shape index (κ3) is 5.42. The van der Waals surface area contributed by atoms with Crippen LogP contribution < -0.4 is 5.73 Å². The molecule has 18 heavy (non-hydrogen) atoms. The number of nitrogens with two attached hydrogens (primary N) is 1. The van der Waals surface area contributed by atoms with Gasteiger partial charge in [-0.15, -0.1) is 0 Å². The lowest BCUT2D eigenvalue weighted by atomic mass is 10.3. The molecule has 0 atom stereocenters. The summed E-state index contributed by atoms with van der Waals surface area (Å²) in [4.78, 5) is 10.9. The Morgan fingerprint density at radius 2 is 1.89 bits per heavy atom. The smallest absolute Gasteiger partial charge is 0.269 e. The molecule has 1 rings (SSSR count). The fourth-order valence-electron chi connectivity index (χ4n) is 1.06. The molecule has 0 fully saturated rings. The molecule has 5 nitrogen and oxygen atoms in total. The Bertz CT molecular complexity index is 452. The summed E-state index contributed by atoms with van der Waals surface area (Å²) in [6.45, 7) is 6.16. The maximum Gasteiger partial charge on any atom is 0.269 e. The molecule has 0 heterocycles. The lowest BCUT2D eigenvalue weighted by Crippen LogP contribution is -2.17. The van der Waals surface area contributed by atoms with Crippen molar-refractivity contribution in [2.45, 2.75) is 30.4 Å². The average Bonchev–Trinajstić information content (AvgIpc) is 2.24. The fourth-order valence-corrected chi connectivity index (χ4v) is 2.40. The Morgan fingerprint density at radius 1 is 1.33 bits per heavy atom. The summed E-state index contributed by atoms with van der Waals surface area (Å²) < 4.78 is 4.18. The van der Waals surface area contributed by atoms with Gasteiger partial charge >= 0.3 is 0 Å². The number of amidine groups is 1. The zero-order valence-corrected chi connectivity index (χ0v) is 12.0. The molecule has 0 saturated carbocycles. The monoisotopic (exact) mass is 285 g/mol. The van der Waals surface area contributed by atoms with E-state index >= 15 is 0 Å². The van der Waals surface area contributed by atoms with Crippen molar-refractivity contribution >= 4 is 34.6 Å². The summed E-state index contributed by atoms with van der Waals surface area (Å²) >= 11 is 2.69. The molecule has 0 aromatic heterocycles. The molecular weight excluding hydrogens is 270 g/mol.